The van der Waals surface area contributed by atoms with E-state index in [0.29, 0.717) is 30.7 Å². The molecule has 1 aromatic heterocycles. The average Bonchev–Trinajstić information content (AvgIpc) is 3.05. The van der Waals surface area contributed by atoms with E-state index in [0.717, 1.165) is 38.2 Å². The van der Waals surface area contributed by atoms with Crippen LogP contribution in [-0.2, 0) is 16.1 Å². The van der Waals surface area contributed by atoms with Crippen LogP contribution >= 0.6 is 0 Å². The van der Waals surface area contributed by atoms with Gasteiger partial charge in [-0.2, -0.15) is 0 Å². The van der Waals surface area contributed by atoms with Crippen LogP contribution in [0.2, 0.25) is 0 Å². The Kier molecular flexibility index (Phi) is 7.12. The Bertz CT molecular complexity index is 521. The second-order valence-corrected chi connectivity index (χ2v) is 8.31. The Morgan fingerprint density at radius 3 is 2.72 bits per heavy atom. The molecule has 25 heavy (non-hydrogen) atoms. The average molecular weight is 350 g/mol. The van der Waals surface area contributed by atoms with Crippen molar-refractivity contribution in [1.29, 1.82) is 0 Å². The van der Waals surface area contributed by atoms with Gasteiger partial charge in [-0.1, -0.05) is 20.8 Å². The molecule has 0 aromatic carbocycles. The van der Waals surface area contributed by atoms with Gasteiger partial charge in [0.2, 0.25) is 5.91 Å². The van der Waals surface area contributed by atoms with Gasteiger partial charge < -0.3 is 14.1 Å². The summed E-state index contributed by atoms with van der Waals surface area (Å²) in [4.78, 5) is 14.3. The molecular formula is C21H35NO3. The van der Waals surface area contributed by atoms with E-state index in [9.17, 15) is 4.79 Å². The molecule has 1 aliphatic heterocycles. The number of amides is 1. The molecule has 142 valence electrons. The van der Waals surface area contributed by atoms with E-state index >= 15 is 0 Å². The number of rotatable bonds is 8. The highest BCUT2D eigenvalue weighted by Gasteiger charge is 2.34. The van der Waals surface area contributed by atoms with E-state index in [2.05, 4.69) is 27.7 Å². The molecule has 2 rings (SSSR count). The number of carbonyl (C=O) groups is 1. The summed E-state index contributed by atoms with van der Waals surface area (Å²) >= 11 is 0. The third-order valence-corrected chi connectivity index (χ3v) is 5.51. The zero-order valence-corrected chi connectivity index (χ0v) is 16.6. The number of ether oxygens (including phenoxy) is 1. The van der Waals surface area contributed by atoms with E-state index in [-0.39, 0.29) is 11.5 Å². The molecule has 4 heteroatoms. The fraction of sp³-hybridized carbons (Fsp3) is 0.762. The Morgan fingerprint density at radius 1 is 1.40 bits per heavy atom. The summed E-state index contributed by atoms with van der Waals surface area (Å²) < 4.78 is 11.3. The van der Waals surface area contributed by atoms with Crippen LogP contribution in [0.1, 0.15) is 66.1 Å². The van der Waals surface area contributed by atoms with Gasteiger partial charge in [-0.25, -0.2) is 0 Å². The van der Waals surface area contributed by atoms with Crippen molar-refractivity contribution < 1.29 is 13.9 Å². The Labute approximate surface area is 152 Å². The molecule has 0 radical (unpaired) electrons. The van der Waals surface area contributed by atoms with Crippen LogP contribution in [0.4, 0.5) is 0 Å². The van der Waals surface area contributed by atoms with Crippen molar-refractivity contribution in [1.82, 2.24) is 4.90 Å². The monoisotopic (exact) mass is 349 g/mol. The highest BCUT2D eigenvalue weighted by molar-refractivity contribution is 5.75. The Morgan fingerprint density at radius 2 is 2.16 bits per heavy atom. The Hall–Kier alpha value is -1.29. The molecule has 4 nitrogen and oxygen atoms in total. The normalized spacial score (nSPS) is 21.3. The smallest absolute Gasteiger partial charge is 0.222 e. The van der Waals surface area contributed by atoms with Crippen molar-refractivity contribution >= 4 is 5.91 Å². The molecule has 0 spiro atoms. The first-order valence-electron chi connectivity index (χ1n) is 9.76. The maximum absolute atomic E-state index is 12.4. The quantitative estimate of drug-likeness (QED) is 0.671. The van der Waals surface area contributed by atoms with Gasteiger partial charge in [-0.15, -0.1) is 0 Å². The molecule has 1 aromatic rings. The minimum atomic E-state index is -0.0247. The van der Waals surface area contributed by atoms with Crippen molar-refractivity contribution in [3.63, 3.8) is 0 Å². The minimum Gasteiger partial charge on any atom is -0.467 e. The van der Waals surface area contributed by atoms with Crippen molar-refractivity contribution in [3.8, 4) is 0 Å². The zero-order valence-electron chi connectivity index (χ0n) is 16.6. The van der Waals surface area contributed by atoms with Gasteiger partial charge in [0.15, 0.2) is 0 Å². The maximum Gasteiger partial charge on any atom is 0.222 e. The molecular weight excluding hydrogens is 314 g/mol. The van der Waals surface area contributed by atoms with Crippen molar-refractivity contribution in [3.05, 3.63) is 24.2 Å². The highest BCUT2D eigenvalue weighted by Crippen LogP contribution is 2.38. The van der Waals surface area contributed by atoms with E-state index in [1.807, 2.05) is 24.0 Å². The highest BCUT2D eigenvalue weighted by atomic mass is 16.5. The first-order valence-corrected chi connectivity index (χ1v) is 9.76. The van der Waals surface area contributed by atoms with E-state index in [4.69, 9.17) is 9.15 Å². The molecule has 2 heterocycles. The van der Waals surface area contributed by atoms with Gasteiger partial charge in [0.25, 0.3) is 0 Å². The van der Waals surface area contributed by atoms with Crippen molar-refractivity contribution in [2.45, 2.75) is 72.4 Å². The molecule has 1 saturated heterocycles. The van der Waals surface area contributed by atoms with Crippen LogP contribution in [0, 0.1) is 17.8 Å². The van der Waals surface area contributed by atoms with Gasteiger partial charge >= 0.3 is 0 Å². The van der Waals surface area contributed by atoms with Crippen LogP contribution in [-0.4, -0.2) is 29.6 Å². The molecule has 0 saturated carbocycles. The lowest BCUT2D eigenvalue weighted by atomic mass is 9.73. The third kappa shape index (κ3) is 5.88. The SMILES string of the molecule is CCC(=O)N(CCC(C(C)C)C1CCOC(C)(C)C1)Cc1ccco1. The third-order valence-electron chi connectivity index (χ3n) is 5.51. The summed E-state index contributed by atoms with van der Waals surface area (Å²) in [5.41, 5.74) is -0.0247. The predicted octanol–water partition coefficient (Wildman–Crippen LogP) is 4.89. The summed E-state index contributed by atoms with van der Waals surface area (Å²) in [7, 11) is 0. The summed E-state index contributed by atoms with van der Waals surface area (Å²) in [5.74, 6) is 2.96. The van der Waals surface area contributed by atoms with E-state index < -0.39 is 0 Å². The number of hydrogen-bond acceptors (Lipinski definition) is 3. The molecule has 1 aliphatic rings. The van der Waals surface area contributed by atoms with Crippen LogP contribution < -0.4 is 0 Å². The summed E-state index contributed by atoms with van der Waals surface area (Å²) in [6.07, 6.45) is 5.50. The first-order chi connectivity index (χ1) is 11.8. The molecule has 0 N–H and O–H groups in total. The summed E-state index contributed by atoms with van der Waals surface area (Å²) in [6, 6.07) is 3.82. The predicted molar refractivity (Wildman–Crippen MR) is 100 cm³/mol. The summed E-state index contributed by atoms with van der Waals surface area (Å²) in [5, 5.41) is 0. The second-order valence-electron chi connectivity index (χ2n) is 8.31. The van der Waals surface area contributed by atoms with Crippen LogP contribution in [0.25, 0.3) is 0 Å². The second kappa shape index (κ2) is 8.88. The van der Waals surface area contributed by atoms with Crippen LogP contribution in [0.15, 0.2) is 22.8 Å². The topological polar surface area (TPSA) is 42.7 Å². The molecule has 0 aliphatic carbocycles. The van der Waals surface area contributed by atoms with Gasteiger partial charge in [-0.3, -0.25) is 4.79 Å². The minimum absolute atomic E-state index is 0.0247. The van der Waals surface area contributed by atoms with Gasteiger partial charge in [0, 0.05) is 19.6 Å². The molecule has 0 bridgehead atoms. The number of hydrogen-bond donors (Lipinski definition) is 0. The van der Waals surface area contributed by atoms with E-state index in [1.54, 1.807) is 6.26 Å². The largest absolute Gasteiger partial charge is 0.467 e. The van der Waals surface area contributed by atoms with E-state index in [1.165, 1.54) is 0 Å². The van der Waals surface area contributed by atoms with Crippen molar-refractivity contribution in [2.24, 2.45) is 17.8 Å². The Balaban J connectivity index is 2.00. The van der Waals surface area contributed by atoms with Gasteiger partial charge in [-0.05, 0) is 63.0 Å². The molecule has 2 atom stereocenters. The fourth-order valence-corrected chi connectivity index (χ4v) is 4.17. The molecule has 2 unspecified atom stereocenters. The number of nitrogens with zero attached hydrogens (tertiary/aromatic N) is 1. The lowest BCUT2D eigenvalue weighted by Crippen LogP contribution is -2.39. The zero-order chi connectivity index (χ0) is 18.4. The fourth-order valence-electron chi connectivity index (χ4n) is 4.17. The standard InChI is InChI=1S/C21H35NO3/c1-6-20(23)22(15-18-8-7-12-24-18)11-9-19(16(2)3)17-10-13-25-21(4,5)14-17/h7-8,12,16-17,19H,6,9-11,13-15H2,1-5H3. The van der Waals surface area contributed by atoms with Crippen molar-refractivity contribution in [2.75, 3.05) is 13.2 Å². The van der Waals surface area contributed by atoms with Crippen LogP contribution in [0.3, 0.4) is 0 Å². The lowest BCUT2D eigenvalue weighted by molar-refractivity contribution is -0.132. The summed E-state index contributed by atoms with van der Waals surface area (Å²) in [6.45, 7) is 13.2. The first kappa shape index (κ1) is 20.0. The lowest BCUT2D eigenvalue weighted by Gasteiger charge is -2.41. The van der Waals surface area contributed by atoms with Crippen LogP contribution in [0.5, 0.6) is 0 Å². The number of furan rings is 1. The maximum atomic E-state index is 12.4. The van der Waals surface area contributed by atoms with Gasteiger partial charge in [0.1, 0.15) is 5.76 Å². The molecule has 1 amide bonds. The molecule has 1 fully saturated rings. The number of carbonyl (C=O) groups excluding carboxylic acids is 1. The van der Waals surface area contributed by atoms with Gasteiger partial charge in [0.05, 0.1) is 18.4 Å².